The molecule has 1 atom stereocenters. The first-order chi connectivity index (χ1) is 9.76. The summed E-state index contributed by atoms with van der Waals surface area (Å²) in [6.07, 6.45) is 0.104. The summed E-state index contributed by atoms with van der Waals surface area (Å²) in [7, 11) is 0. The number of hydrogen-bond donors (Lipinski definition) is 1. The van der Waals surface area contributed by atoms with E-state index in [4.69, 9.17) is 10.00 Å². The fourth-order valence-electron chi connectivity index (χ4n) is 2.02. The average Bonchev–Trinajstić information content (AvgIpc) is 2.52. The number of aliphatic hydroxyl groups is 1. The smallest absolute Gasteiger partial charge is 0.125 e. The quantitative estimate of drug-likeness (QED) is 0.900. The Kier molecular flexibility index (Phi) is 4.75. The summed E-state index contributed by atoms with van der Waals surface area (Å²) < 4.78 is 5.78. The third kappa shape index (κ3) is 3.17. The molecule has 0 radical (unpaired) electrons. The Balaban J connectivity index is 2.17. The van der Waals surface area contributed by atoms with Crippen LogP contribution in [-0.4, -0.2) is 5.11 Å². The highest BCUT2D eigenvalue weighted by Gasteiger charge is 2.11. The lowest BCUT2D eigenvalue weighted by atomic mass is 10.1. The van der Waals surface area contributed by atoms with E-state index in [2.05, 4.69) is 6.07 Å². The van der Waals surface area contributed by atoms with Gasteiger partial charge in [-0.15, -0.1) is 0 Å². The van der Waals surface area contributed by atoms with Gasteiger partial charge < -0.3 is 9.84 Å². The van der Waals surface area contributed by atoms with E-state index in [0.29, 0.717) is 24.3 Å². The summed E-state index contributed by atoms with van der Waals surface area (Å²) in [4.78, 5) is 0. The van der Waals surface area contributed by atoms with Crippen molar-refractivity contribution in [2.45, 2.75) is 26.1 Å². The van der Waals surface area contributed by atoms with Crippen molar-refractivity contribution >= 4 is 0 Å². The zero-order valence-corrected chi connectivity index (χ0v) is 11.4. The van der Waals surface area contributed by atoms with E-state index < -0.39 is 6.10 Å². The monoisotopic (exact) mass is 267 g/mol. The highest BCUT2D eigenvalue weighted by Crippen LogP contribution is 2.27. The van der Waals surface area contributed by atoms with Crippen LogP contribution in [0.4, 0.5) is 0 Å². The van der Waals surface area contributed by atoms with Crippen LogP contribution in [0.2, 0.25) is 0 Å². The van der Waals surface area contributed by atoms with Gasteiger partial charge in [-0.2, -0.15) is 5.26 Å². The third-order valence-corrected chi connectivity index (χ3v) is 3.19. The minimum atomic E-state index is -0.530. The van der Waals surface area contributed by atoms with Crippen LogP contribution in [-0.2, 0) is 6.61 Å². The number of ether oxygens (including phenoxy) is 1. The molecule has 2 rings (SSSR count). The van der Waals surface area contributed by atoms with Gasteiger partial charge in [0.25, 0.3) is 0 Å². The fourth-order valence-corrected chi connectivity index (χ4v) is 2.02. The van der Waals surface area contributed by atoms with Crippen molar-refractivity contribution < 1.29 is 9.84 Å². The number of benzene rings is 2. The van der Waals surface area contributed by atoms with Crippen LogP contribution in [0, 0.1) is 11.3 Å². The van der Waals surface area contributed by atoms with Gasteiger partial charge in [-0.3, -0.25) is 0 Å². The molecule has 1 N–H and O–H groups in total. The molecule has 0 saturated heterocycles. The summed E-state index contributed by atoms with van der Waals surface area (Å²) in [5.41, 5.74) is 2.24. The molecule has 0 heterocycles. The minimum absolute atomic E-state index is 0.317. The number of nitrogens with zero attached hydrogens (tertiary/aromatic N) is 1. The molecule has 2 aromatic rings. The SMILES string of the molecule is CC[C@H](O)c1ccccc1OCc1ccccc1C#N. The van der Waals surface area contributed by atoms with Crippen LogP contribution in [0.25, 0.3) is 0 Å². The summed E-state index contributed by atoms with van der Waals surface area (Å²) >= 11 is 0. The van der Waals surface area contributed by atoms with Gasteiger partial charge in [0, 0.05) is 11.1 Å². The second kappa shape index (κ2) is 6.74. The van der Waals surface area contributed by atoms with E-state index in [1.165, 1.54) is 0 Å². The summed E-state index contributed by atoms with van der Waals surface area (Å²) in [6.45, 7) is 2.24. The Morgan fingerprint density at radius 2 is 1.85 bits per heavy atom. The zero-order valence-electron chi connectivity index (χ0n) is 11.4. The molecular formula is C17H17NO2. The predicted molar refractivity (Wildman–Crippen MR) is 77.2 cm³/mol. The first kappa shape index (κ1) is 14.1. The molecule has 3 heteroatoms. The van der Waals surface area contributed by atoms with Gasteiger partial charge in [-0.25, -0.2) is 0 Å². The minimum Gasteiger partial charge on any atom is -0.488 e. The Labute approximate surface area is 119 Å². The highest BCUT2D eigenvalue weighted by atomic mass is 16.5. The Hall–Kier alpha value is -2.31. The number of aliphatic hydroxyl groups excluding tert-OH is 1. The molecule has 0 amide bonds. The highest BCUT2D eigenvalue weighted by molar-refractivity contribution is 5.38. The first-order valence-corrected chi connectivity index (χ1v) is 6.64. The van der Waals surface area contributed by atoms with Crippen molar-refractivity contribution in [3.63, 3.8) is 0 Å². The zero-order chi connectivity index (χ0) is 14.4. The van der Waals surface area contributed by atoms with E-state index in [0.717, 1.165) is 11.1 Å². The fraction of sp³-hybridized carbons (Fsp3) is 0.235. The Morgan fingerprint density at radius 1 is 1.15 bits per heavy atom. The largest absolute Gasteiger partial charge is 0.488 e. The van der Waals surface area contributed by atoms with Gasteiger partial charge in [0.2, 0.25) is 0 Å². The van der Waals surface area contributed by atoms with E-state index in [1.54, 1.807) is 6.07 Å². The van der Waals surface area contributed by atoms with Crippen molar-refractivity contribution in [1.82, 2.24) is 0 Å². The molecule has 0 saturated carbocycles. The maximum atomic E-state index is 9.98. The van der Waals surface area contributed by atoms with E-state index in [-0.39, 0.29) is 0 Å². The summed E-state index contributed by atoms with van der Waals surface area (Å²) in [6, 6.07) is 17.0. The standard InChI is InChI=1S/C17H17NO2/c1-2-16(19)15-9-5-6-10-17(15)20-12-14-8-4-3-7-13(14)11-18/h3-10,16,19H,2,12H2,1H3/t16-/m0/s1. The van der Waals surface area contributed by atoms with Gasteiger partial charge in [0.15, 0.2) is 0 Å². The number of hydrogen-bond acceptors (Lipinski definition) is 3. The van der Waals surface area contributed by atoms with Crippen LogP contribution in [0.5, 0.6) is 5.75 Å². The molecule has 2 aromatic carbocycles. The van der Waals surface area contributed by atoms with Crippen molar-refractivity contribution in [2.24, 2.45) is 0 Å². The average molecular weight is 267 g/mol. The van der Waals surface area contributed by atoms with Crippen molar-refractivity contribution in [2.75, 3.05) is 0 Å². The molecule has 102 valence electrons. The number of nitriles is 1. The lowest BCUT2D eigenvalue weighted by Gasteiger charge is -2.15. The van der Waals surface area contributed by atoms with Crippen LogP contribution in [0.15, 0.2) is 48.5 Å². The van der Waals surface area contributed by atoms with E-state index in [1.807, 2.05) is 49.4 Å². The van der Waals surface area contributed by atoms with Gasteiger partial charge >= 0.3 is 0 Å². The van der Waals surface area contributed by atoms with Crippen LogP contribution < -0.4 is 4.74 Å². The lowest BCUT2D eigenvalue weighted by molar-refractivity contribution is 0.166. The van der Waals surface area contributed by atoms with Crippen LogP contribution in [0.1, 0.15) is 36.1 Å². The molecule has 0 aliphatic carbocycles. The molecule has 20 heavy (non-hydrogen) atoms. The van der Waals surface area contributed by atoms with E-state index >= 15 is 0 Å². The topological polar surface area (TPSA) is 53.2 Å². The van der Waals surface area contributed by atoms with Gasteiger partial charge in [0.05, 0.1) is 17.7 Å². The molecule has 0 bridgehead atoms. The Morgan fingerprint density at radius 3 is 2.60 bits per heavy atom. The third-order valence-electron chi connectivity index (χ3n) is 3.19. The maximum absolute atomic E-state index is 9.98. The first-order valence-electron chi connectivity index (χ1n) is 6.64. The second-order valence-electron chi connectivity index (χ2n) is 4.52. The predicted octanol–water partition coefficient (Wildman–Crippen LogP) is 3.58. The second-order valence-corrected chi connectivity index (χ2v) is 4.52. The molecule has 0 unspecified atom stereocenters. The number of para-hydroxylation sites is 1. The lowest BCUT2D eigenvalue weighted by Crippen LogP contribution is -2.03. The molecule has 0 fully saturated rings. The van der Waals surface area contributed by atoms with Crippen molar-refractivity contribution in [3.8, 4) is 11.8 Å². The van der Waals surface area contributed by atoms with Gasteiger partial charge in [-0.1, -0.05) is 43.3 Å². The normalized spacial score (nSPS) is 11.7. The molecule has 0 aliphatic rings. The van der Waals surface area contributed by atoms with Crippen LogP contribution in [0.3, 0.4) is 0 Å². The molecule has 0 aromatic heterocycles. The van der Waals surface area contributed by atoms with Gasteiger partial charge in [0.1, 0.15) is 12.4 Å². The number of rotatable bonds is 5. The molecule has 0 aliphatic heterocycles. The summed E-state index contributed by atoms with van der Waals surface area (Å²) in [5.74, 6) is 0.662. The molecule has 0 spiro atoms. The van der Waals surface area contributed by atoms with Gasteiger partial charge in [-0.05, 0) is 18.6 Å². The van der Waals surface area contributed by atoms with Crippen LogP contribution >= 0.6 is 0 Å². The molecule has 3 nitrogen and oxygen atoms in total. The van der Waals surface area contributed by atoms with Crippen molar-refractivity contribution in [1.29, 1.82) is 5.26 Å². The molecular weight excluding hydrogens is 250 g/mol. The summed E-state index contributed by atoms with van der Waals surface area (Å²) in [5, 5.41) is 19.0. The van der Waals surface area contributed by atoms with E-state index in [9.17, 15) is 5.11 Å². The maximum Gasteiger partial charge on any atom is 0.125 e. The van der Waals surface area contributed by atoms with Crippen molar-refractivity contribution in [3.05, 3.63) is 65.2 Å². The Bertz CT molecular complexity index is 616.